The number of nitrogens with one attached hydrogen (secondary N) is 1. The molecule has 3 rings (SSSR count). The summed E-state index contributed by atoms with van der Waals surface area (Å²) in [5, 5.41) is 3.67. The zero-order valence-electron chi connectivity index (χ0n) is 12.2. The lowest BCUT2D eigenvalue weighted by Crippen LogP contribution is -2.56. The fourth-order valence-electron chi connectivity index (χ4n) is 4.08. The predicted octanol–water partition coefficient (Wildman–Crippen LogP) is 3.49. The van der Waals surface area contributed by atoms with Crippen molar-refractivity contribution in [2.24, 2.45) is 0 Å². The van der Waals surface area contributed by atoms with Crippen LogP contribution in [0.1, 0.15) is 44.6 Å². The van der Waals surface area contributed by atoms with Gasteiger partial charge in [-0.25, -0.2) is 0 Å². The summed E-state index contributed by atoms with van der Waals surface area (Å²) < 4.78 is 0. The molecule has 2 bridgehead atoms. The Morgan fingerprint density at radius 3 is 2.47 bits per heavy atom. The lowest BCUT2D eigenvalue weighted by molar-refractivity contribution is 0.247. The Balaban J connectivity index is 1.85. The van der Waals surface area contributed by atoms with Crippen LogP contribution in [0.15, 0.2) is 24.3 Å². The molecule has 2 saturated heterocycles. The number of anilines is 1. The van der Waals surface area contributed by atoms with E-state index in [0.29, 0.717) is 0 Å². The van der Waals surface area contributed by atoms with E-state index in [1.807, 2.05) is 0 Å². The Kier molecular flexibility index (Phi) is 3.79. The highest BCUT2D eigenvalue weighted by molar-refractivity contribution is 5.55. The second-order valence-electron chi connectivity index (χ2n) is 6.16. The first-order chi connectivity index (χ1) is 9.29. The maximum atomic E-state index is 3.67. The highest BCUT2D eigenvalue weighted by atomic mass is 15.2. The van der Waals surface area contributed by atoms with Gasteiger partial charge in [0.1, 0.15) is 0 Å². The van der Waals surface area contributed by atoms with Crippen molar-refractivity contribution in [1.29, 1.82) is 0 Å². The van der Waals surface area contributed by atoms with E-state index in [2.05, 4.69) is 48.3 Å². The zero-order valence-corrected chi connectivity index (χ0v) is 12.2. The molecule has 2 aliphatic heterocycles. The van der Waals surface area contributed by atoms with Crippen molar-refractivity contribution in [3.8, 4) is 0 Å². The fraction of sp³-hybridized carbons (Fsp3) is 0.647. The van der Waals surface area contributed by atoms with E-state index in [9.17, 15) is 0 Å². The quantitative estimate of drug-likeness (QED) is 0.892. The number of para-hydroxylation sites is 1. The lowest BCUT2D eigenvalue weighted by Gasteiger charge is -2.51. The topological polar surface area (TPSA) is 15.3 Å². The van der Waals surface area contributed by atoms with Gasteiger partial charge >= 0.3 is 0 Å². The zero-order chi connectivity index (χ0) is 13.2. The summed E-state index contributed by atoms with van der Waals surface area (Å²) in [6, 6.07) is 11.1. The third kappa shape index (κ3) is 2.51. The van der Waals surface area contributed by atoms with Crippen LogP contribution in [-0.2, 0) is 0 Å². The summed E-state index contributed by atoms with van der Waals surface area (Å²) >= 11 is 0. The van der Waals surface area contributed by atoms with Gasteiger partial charge in [-0.15, -0.1) is 0 Å². The normalized spacial score (nSPS) is 30.4. The Labute approximate surface area is 117 Å². The van der Waals surface area contributed by atoms with Crippen LogP contribution in [0.25, 0.3) is 0 Å². The molecule has 2 atom stereocenters. The van der Waals surface area contributed by atoms with Gasteiger partial charge in [-0.2, -0.15) is 0 Å². The molecule has 19 heavy (non-hydrogen) atoms. The smallest absolute Gasteiger partial charge is 0.0400 e. The van der Waals surface area contributed by atoms with Crippen molar-refractivity contribution in [3.63, 3.8) is 0 Å². The Morgan fingerprint density at radius 2 is 1.84 bits per heavy atom. The van der Waals surface area contributed by atoms with Crippen LogP contribution in [0, 0.1) is 6.92 Å². The van der Waals surface area contributed by atoms with Crippen molar-refractivity contribution in [3.05, 3.63) is 29.8 Å². The molecule has 2 heteroatoms. The average Bonchev–Trinajstić information content (AvgIpc) is 2.39. The highest BCUT2D eigenvalue weighted by Gasteiger charge is 2.38. The predicted molar refractivity (Wildman–Crippen MR) is 81.8 cm³/mol. The molecule has 2 fully saturated rings. The van der Waals surface area contributed by atoms with E-state index in [1.165, 1.54) is 43.4 Å². The average molecular weight is 258 g/mol. The first-order valence-corrected chi connectivity index (χ1v) is 7.87. The molecule has 0 amide bonds. The minimum absolute atomic E-state index is 0.737. The van der Waals surface area contributed by atoms with Crippen LogP contribution in [0.5, 0.6) is 0 Å². The van der Waals surface area contributed by atoms with Crippen LogP contribution >= 0.6 is 0 Å². The number of hydrogen-bond acceptors (Lipinski definition) is 2. The first-order valence-electron chi connectivity index (χ1n) is 7.87. The molecule has 1 N–H and O–H groups in total. The van der Waals surface area contributed by atoms with E-state index in [-0.39, 0.29) is 0 Å². The minimum atomic E-state index is 0.737. The van der Waals surface area contributed by atoms with Gasteiger partial charge in [-0.05, 0) is 57.2 Å². The van der Waals surface area contributed by atoms with E-state index in [1.54, 1.807) is 0 Å². The van der Waals surface area contributed by atoms with E-state index in [4.69, 9.17) is 0 Å². The summed E-state index contributed by atoms with van der Waals surface area (Å²) in [6.45, 7) is 5.58. The van der Waals surface area contributed by atoms with Crippen LogP contribution in [0.4, 0.5) is 5.69 Å². The number of fused-ring (bicyclic) bond motifs is 2. The van der Waals surface area contributed by atoms with Gasteiger partial charge in [-0.1, -0.05) is 25.1 Å². The fourth-order valence-corrected chi connectivity index (χ4v) is 4.08. The minimum Gasteiger partial charge on any atom is -0.365 e. The molecule has 0 saturated carbocycles. The molecule has 2 heterocycles. The summed E-state index contributed by atoms with van der Waals surface area (Å²) in [6.07, 6.45) is 6.79. The Bertz CT molecular complexity index is 415. The standard InChI is InChI=1S/C17H26N2/c1-3-18-14-11-15-8-6-9-16(12-14)19(15)17-10-5-4-7-13(17)2/h4-5,7,10,14-16,18H,3,6,8-9,11-12H2,1-2H3. The molecule has 0 radical (unpaired) electrons. The molecule has 2 nitrogen and oxygen atoms in total. The van der Waals surface area contributed by atoms with E-state index < -0.39 is 0 Å². The summed E-state index contributed by atoms with van der Waals surface area (Å²) in [5.74, 6) is 0. The van der Waals surface area contributed by atoms with Crippen molar-refractivity contribution in [1.82, 2.24) is 5.32 Å². The molecular weight excluding hydrogens is 232 g/mol. The van der Waals surface area contributed by atoms with Gasteiger partial charge in [0.25, 0.3) is 0 Å². The van der Waals surface area contributed by atoms with Crippen LogP contribution in [0.2, 0.25) is 0 Å². The SMILES string of the molecule is CCNC1CC2CCCC(C1)N2c1ccccc1C. The van der Waals surface area contributed by atoms with Gasteiger partial charge in [-0.3, -0.25) is 0 Å². The number of rotatable bonds is 3. The number of aryl methyl sites for hydroxylation is 1. The highest BCUT2D eigenvalue weighted by Crippen LogP contribution is 2.38. The lowest BCUT2D eigenvalue weighted by atomic mass is 9.81. The second kappa shape index (κ2) is 5.54. The van der Waals surface area contributed by atoms with E-state index in [0.717, 1.165) is 24.7 Å². The first kappa shape index (κ1) is 13.0. The molecule has 104 valence electrons. The summed E-state index contributed by atoms with van der Waals surface area (Å²) in [7, 11) is 0. The van der Waals surface area contributed by atoms with Crippen molar-refractivity contribution in [2.75, 3.05) is 11.4 Å². The molecular formula is C17H26N2. The molecule has 2 aliphatic rings. The van der Waals surface area contributed by atoms with Crippen LogP contribution < -0.4 is 10.2 Å². The second-order valence-corrected chi connectivity index (χ2v) is 6.16. The van der Waals surface area contributed by atoms with Crippen molar-refractivity contribution in [2.45, 2.75) is 64.1 Å². The van der Waals surface area contributed by atoms with Crippen LogP contribution in [0.3, 0.4) is 0 Å². The Morgan fingerprint density at radius 1 is 1.16 bits per heavy atom. The van der Waals surface area contributed by atoms with Crippen LogP contribution in [-0.4, -0.2) is 24.7 Å². The molecule has 0 spiro atoms. The van der Waals surface area contributed by atoms with Gasteiger partial charge in [0.2, 0.25) is 0 Å². The summed E-state index contributed by atoms with van der Waals surface area (Å²) in [4.78, 5) is 2.74. The van der Waals surface area contributed by atoms with Gasteiger partial charge in [0.05, 0.1) is 0 Å². The molecule has 0 aromatic heterocycles. The van der Waals surface area contributed by atoms with Gasteiger partial charge in [0.15, 0.2) is 0 Å². The molecule has 1 aromatic rings. The third-order valence-corrected chi connectivity index (χ3v) is 4.86. The molecule has 1 aromatic carbocycles. The number of benzene rings is 1. The summed E-state index contributed by atoms with van der Waals surface area (Å²) in [5.41, 5.74) is 2.91. The molecule has 2 unspecified atom stereocenters. The number of piperidine rings is 2. The maximum absolute atomic E-state index is 3.67. The maximum Gasteiger partial charge on any atom is 0.0400 e. The Hall–Kier alpha value is -1.02. The van der Waals surface area contributed by atoms with Crippen molar-refractivity contribution < 1.29 is 0 Å². The number of hydrogen-bond donors (Lipinski definition) is 1. The van der Waals surface area contributed by atoms with Crippen molar-refractivity contribution >= 4 is 5.69 Å². The largest absolute Gasteiger partial charge is 0.365 e. The number of nitrogens with zero attached hydrogens (tertiary/aromatic N) is 1. The van der Waals surface area contributed by atoms with Gasteiger partial charge < -0.3 is 10.2 Å². The van der Waals surface area contributed by atoms with Gasteiger partial charge in [0, 0.05) is 23.8 Å². The molecule has 0 aliphatic carbocycles. The monoisotopic (exact) mass is 258 g/mol. The van der Waals surface area contributed by atoms with E-state index >= 15 is 0 Å². The third-order valence-electron chi connectivity index (χ3n) is 4.86.